The number of rotatable bonds is 10. The van der Waals surface area contributed by atoms with Gasteiger partial charge >= 0.3 is 0 Å². The molecular weight excluding hydrogens is 518 g/mol. The standard InChI is InChI=1S/C32H31N5O4/c1-22-11-7-8-14-24(22)20-36(30(38)21-37-28-16-10-9-15-26(28)34-35-37)31(23-12-5-4-6-13-23)32(39)33-27-18-17-25(40-2)19-29(27)41-3/h4-19,31H,20-21H2,1-3H3,(H,33,39). The number of ether oxygens (including phenoxy) is 2. The topological polar surface area (TPSA) is 98.6 Å². The molecule has 9 heteroatoms. The van der Waals surface area contributed by atoms with E-state index < -0.39 is 6.04 Å². The maximum absolute atomic E-state index is 14.2. The van der Waals surface area contributed by atoms with E-state index in [1.165, 1.54) is 7.11 Å². The molecule has 5 rings (SSSR count). The number of hydrogen-bond donors (Lipinski definition) is 1. The van der Waals surface area contributed by atoms with E-state index in [1.807, 2.05) is 85.8 Å². The van der Waals surface area contributed by atoms with Crippen molar-refractivity contribution >= 4 is 28.5 Å². The zero-order valence-electron chi connectivity index (χ0n) is 23.2. The number of amides is 2. The van der Waals surface area contributed by atoms with E-state index in [2.05, 4.69) is 15.6 Å². The van der Waals surface area contributed by atoms with E-state index in [1.54, 1.807) is 34.9 Å². The highest BCUT2D eigenvalue weighted by Crippen LogP contribution is 2.32. The minimum Gasteiger partial charge on any atom is -0.497 e. The van der Waals surface area contributed by atoms with Crippen molar-refractivity contribution in [2.24, 2.45) is 0 Å². The molecule has 1 atom stereocenters. The Bertz CT molecular complexity index is 1670. The third kappa shape index (κ3) is 6.04. The number of aryl methyl sites for hydroxylation is 1. The Morgan fingerprint density at radius 3 is 2.39 bits per heavy atom. The van der Waals surface area contributed by atoms with E-state index in [4.69, 9.17) is 9.47 Å². The van der Waals surface area contributed by atoms with Crippen LogP contribution >= 0.6 is 0 Å². The van der Waals surface area contributed by atoms with E-state index in [0.29, 0.717) is 28.3 Å². The van der Waals surface area contributed by atoms with Gasteiger partial charge in [0.25, 0.3) is 5.91 Å². The van der Waals surface area contributed by atoms with Gasteiger partial charge in [-0.05, 0) is 47.9 Å². The third-order valence-corrected chi connectivity index (χ3v) is 6.97. The Morgan fingerprint density at radius 1 is 0.902 bits per heavy atom. The first-order chi connectivity index (χ1) is 20.0. The summed E-state index contributed by atoms with van der Waals surface area (Å²) in [6.45, 7) is 2.11. The van der Waals surface area contributed by atoms with Crippen LogP contribution in [0.3, 0.4) is 0 Å². The second-order valence-corrected chi connectivity index (χ2v) is 9.55. The molecule has 4 aromatic carbocycles. The van der Waals surface area contributed by atoms with Crippen LogP contribution in [-0.2, 0) is 22.7 Å². The van der Waals surface area contributed by atoms with Gasteiger partial charge in [0.05, 0.1) is 25.4 Å². The van der Waals surface area contributed by atoms with Gasteiger partial charge < -0.3 is 19.7 Å². The number of benzene rings is 4. The first-order valence-electron chi connectivity index (χ1n) is 13.2. The third-order valence-electron chi connectivity index (χ3n) is 6.97. The molecule has 41 heavy (non-hydrogen) atoms. The van der Waals surface area contributed by atoms with Crippen LogP contribution in [0.4, 0.5) is 5.69 Å². The summed E-state index contributed by atoms with van der Waals surface area (Å²) in [6.07, 6.45) is 0. The summed E-state index contributed by atoms with van der Waals surface area (Å²) >= 11 is 0. The highest BCUT2D eigenvalue weighted by atomic mass is 16.5. The molecule has 0 aliphatic carbocycles. The molecular formula is C32H31N5O4. The van der Waals surface area contributed by atoms with Crippen LogP contribution < -0.4 is 14.8 Å². The minimum atomic E-state index is -0.954. The lowest BCUT2D eigenvalue weighted by atomic mass is 10.0. The Balaban J connectivity index is 1.56. The number of carbonyl (C=O) groups excluding carboxylic acids is 2. The Labute approximate surface area is 238 Å². The number of nitrogens with one attached hydrogen (secondary N) is 1. The molecule has 0 radical (unpaired) electrons. The molecule has 0 spiro atoms. The molecule has 5 aromatic rings. The fourth-order valence-corrected chi connectivity index (χ4v) is 4.76. The number of hydrogen-bond acceptors (Lipinski definition) is 6. The van der Waals surface area contributed by atoms with Gasteiger partial charge in [0.2, 0.25) is 5.91 Å². The number of anilines is 1. The summed E-state index contributed by atoms with van der Waals surface area (Å²) in [5.74, 6) is 0.367. The van der Waals surface area contributed by atoms with Gasteiger partial charge in [0.1, 0.15) is 29.6 Å². The van der Waals surface area contributed by atoms with Gasteiger partial charge in [-0.15, -0.1) is 5.10 Å². The van der Waals surface area contributed by atoms with Crippen LogP contribution in [0.5, 0.6) is 11.5 Å². The molecule has 1 N–H and O–H groups in total. The Kier molecular flexibility index (Phi) is 8.24. The van der Waals surface area contributed by atoms with Gasteiger partial charge in [-0.3, -0.25) is 9.59 Å². The van der Waals surface area contributed by atoms with Gasteiger partial charge in [-0.1, -0.05) is 71.9 Å². The molecule has 0 aliphatic heterocycles. The lowest BCUT2D eigenvalue weighted by molar-refractivity contribution is -0.140. The van der Waals surface area contributed by atoms with Crippen molar-refractivity contribution in [2.75, 3.05) is 19.5 Å². The predicted octanol–water partition coefficient (Wildman–Crippen LogP) is 5.17. The predicted molar refractivity (Wildman–Crippen MR) is 157 cm³/mol. The summed E-state index contributed by atoms with van der Waals surface area (Å²) in [6, 6.07) is 28.7. The van der Waals surface area contributed by atoms with Crippen molar-refractivity contribution in [3.05, 3.63) is 114 Å². The largest absolute Gasteiger partial charge is 0.497 e. The molecule has 2 amide bonds. The van der Waals surface area contributed by atoms with E-state index >= 15 is 0 Å². The molecule has 0 saturated heterocycles. The molecule has 0 aliphatic rings. The van der Waals surface area contributed by atoms with Crippen molar-refractivity contribution in [3.63, 3.8) is 0 Å². The number of nitrogens with zero attached hydrogens (tertiary/aromatic N) is 4. The lowest BCUT2D eigenvalue weighted by Crippen LogP contribution is -2.42. The summed E-state index contributed by atoms with van der Waals surface area (Å²) in [5.41, 5.74) is 4.50. The average molecular weight is 550 g/mol. The molecule has 1 unspecified atom stereocenters. The zero-order valence-corrected chi connectivity index (χ0v) is 23.2. The molecule has 1 heterocycles. The van der Waals surface area contributed by atoms with Crippen LogP contribution in [-0.4, -0.2) is 45.9 Å². The number of methoxy groups -OCH3 is 2. The Morgan fingerprint density at radius 2 is 1.63 bits per heavy atom. The van der Waals surface area contributed by atoms with Gasteiger partial charge in [0.15, 0.2) is 0 Å². The van der Waals surface area contributed by atoms with Crippen molar-refractivity contribution < 1.29 is 19.1 Å². The SMILES string of the molecule is COc1ccc(NC(=O)C(c2ccccc2)N(Cc2ccccc2C)C(=O)Cn2nnc3ccccc32)c(OC)c1. The number of aromatic nitrogens is 3. The molecule has 1 aromatic heterocycles. The second-order valence-electron chi connectivity index (χ2n) is 9.55. The molecule has 0 saturated carbocycles. The quantitative estimate of drug-likeness (QED) is 0.258. The molecule has 208 valence electrons. The summed E-state index contributed by atoms with van der Waals surface area (Å²) in [4.78, 5) is 29.9. The normalized spacial score (nSPS) is 11.6. The highest BCUT2D eigenvalue weighted by molar-refractivity contribution is 5.99. The number of para-hydroxylation sites is 1. The summed E-state index contributed by atoms with van der Waals surface area (Å²) < 4.78 is 12.4. The van der Waals surface area contributed by atoms with Crippen molar-refractivity contribution in [1.82, 2.24) is 19.9 Å². The van der Waals surface area contributed by atoms with Crippen LogP contribution in [0.1, 0.15) is 22.7 Å². The van der Waals surface area contributed by atoms with Crippen LogP contribution in [0.25, 0.3) is 11.0 Å². The summed E-state index contributed by atoms with van der Waals surface area (Å²) in [7, 11) is 3.08. The van der Waals surface area contributed by atoms with Crippen LogP contribution in [0.15, 0.2) is 97.1 Å². The fourth-order valence-electron chi connectivity index (χ4n) is 4.76. The monoisotopic (exact) mass is 549 g/mol. The van der Waals surface area contributed by atoms with E-state index in [-0.39, 0.29) is 24.9 Å². The second kappa shape index (κ2) is 12.3. The first kappa shape index (κ1) is 27.4. The number of carbonyl (C=O) groups is 2. The van der Waals surface area contributed by atoms with E-state index in [9.17, 15) is 9.59 Å². The van der Waals surface area contributed by atoms with Crippen molar-refractivity contribution in [3.8, 4) is 11.5 Å². The highest BCUT2D eigenvalue weighted by Gasteiger charge is 2.33. The maximum Gasteiger partial charge on any atom is 0.251 e. The summed E-state index contributed by atoms with van der Waals surface area (Å²) in [5, 5.41) is 11.4. The van der Waals surface area contributed by atoms with Crippen molar-refractivity contribution in [1.29, 1.82) is 0 Å². The average Bonchev–Trinajstić information content (AvgIpc) is 3.41. The van der Waals surface area contributed by atoms with Crippen molar-refractivity contribution in [2.45, 2.75) is 26.1 Å². The fraction of sp³-hybridized carbons (Fsp3) is 0.188. The Hall–Kier alpha value is -5.18. The van der Waals surface area contributed by atoms with E-state index in [0.717, 1.165) is 16.6 Å². The molecule has 9 nitrogen and oxygen atoms in total. The van der Waals surface area contributed by atoms with Gasteiger partial charge in [-0.25, -0.2) is 4.68 Å². The molecule has 0 fully saturated rings. The zero-order chi connectivity index (χ0) is 28.8. The maximum atomic E-state index is 14.2. The van der Waals surface area contributed by atoms with Crippen LogP contribution in [0.2, 0.25) is 0 Å². The number of fused-ring (bicyclic) bond motifs is 1. The first-order valence-corrected chi connectivity index (χ1v) is 13.2. The minimum absolute atomic E-state index is 0.0884. The van der Waals surface area contributed by atoms with Gasteiger partial charge in [-0.2, -0.15) is 0 Å². The molecule has 0 bridgehead atoms. The van der Waals surface area contributed by atoms with Gasteiger partial charge in [0, 0.05) is 12.6 Å². The van der Waals surface area contributed by atoms with Crippen LogP contribution in [0, 0.1) is 6.92 Å². The smallest absolute Gasteiger partial charge is 0.251 e. The lowest BCUT2D eigenvalue weighted by Gasteiger charge is -2.32.